The van der Waals surface area contributed by atoms with Crippen LogP contribution < -0.4 is 15.2 Å². The Hall–Kier alpha value is -1.26. The van der Waals surface area contributed by atoms with Gasteiger partial charge >= 0.3 is 0 Å². The molecule has 1 rings (SSSR count). The molecule has 1 aromatic carbocycles. The lowest BCUT2D eigenvalue weighted by molar-refractivity contribution is 0.0506. The summed E-state index contributed by atoms with van der Waals surface area (Å²) < 4.78 is 10.5. The van der Waals surface area contributed by atoms with Crippen LogP contribution >= 0.6 is 0 Å². The first-order valence-corrected chi connectivity index (χ1v) is 5.51. The van der Waals surface area contributed by atoms with Crippen molar-refractivity contribution in [1.29, 1.82) is 0 Å². The molecular weight excluding hydrogens is 218 g/mol. The summed E-state index contributed by atoms with van der Waals surface area (Å²) in [6.45, 7) is 5.29. The van der Waals surface area contributed by atoms with Gasteiger partial charge in [-0.15, -0.1) is 0 Å². The first-order chi connectivity index (χ1) is 7.81. The first-order valence-electron chi connectivity index (χ1n) is 5.51. The Labute approximate surface area is 102 Å². The molecule has 1 unspecified atom stereocenters. The van der Waals surface area contributed by atoms with Gasteiger partial charge in [-0.3, -0.25) is 0 Å². The van der Waals surface area contributed by atoms with Gasteiger partial charge in [0.1, 0.15) is 11.5 Å². The van der Waals surface area contributed by atoms with Crippen molar-refractivity contribution in [3.63, 3.8) is 0 Å². The van der Waals surface area contributed by atoms with Crippen LogP contribution in [0.15, 0.2) is 12.1 Å². The second-order valence-corrected chi connectivity index (χ2v) is 4.69. The smallest absolute Gasteiger partial charge is 0.127 e. The molecule has 0 radical (unpaired) electrons. The number of aryl methyl sites for hydroxylation is 1. The highest BCUT2D eigenvalue weighted by Crippen LogP contribution is 2.36. The fourth-order valence-electron chi connectivity index (χ4n) is 1.77. The number of methoxy groups -OCH3 is 2. The Balaban J connectivity index is 3.32. The molecule has 0 saturated heterocycles. The second kappa shape index (κ2) is 4.94. The van der Waals surface area contributed by atoms with Crippen LogP contribution in [-0.2, 0) is 0 Å². The number of rotatable bonds is 4. The first kappa shape index (κ1) is 13.8. The van der Waals surface area contributed by atoms with Crippen molar-refractivity contribution in [2.45, 2.75) is 32.4 Å². The zero-order valence-corrected chi connectivity index (χ0v) is 11.1. The molecule has 96 valence electrons. The summed E-state index contributed by atoms with van der Waals surface area (Å²) in [7, 11) is 3.18. The van der Waals surface area contributed by atoms with Crippen LogP contribution in [0.3, 0.4) is 0 Å². The predicted molar refractivity (Wildman–Crippen MR) is 67.5 cm³/mol. The predicted octanol–water partition coefficient (Wildman–Crippen LogP) is 1.78. The molecule has 3 N–H and O–H groups in total. The van der Waals surface area contributed by atoms with E-state index in [1.165, 1.54) is 0 Å². The third kappa shape index (κ3) is 2.90. The molecule has 0 fully saturated rings. The van der Waals surface area contributed by atoms with E-state index in [0.717, 1.165) is 11.1 Å². The summed E-state index contributed by atoms with van der Waals surface area (Å²) in [5, 5.41) is 10.00. The number of aliphatic hydroxyl groups is 1. The SMILES string of the molecule is COc1cc(C)c(C(N)C(C)(C)O)c(OC)c1. The standard InChI is InChI=1S/C13H21NO3/c1-8-6-9(16-4)7-10(17-5)11(8)12(14)13(2,3)15/h6-7,12,15H,14H2,1-5H3. The van der Waals surface area contributed by atoms with Crippen LogP contribution in [0, 0.1) is 6.92 Å². The fourth-order valence-corrected chi connectivity index (χ4v) is 1.77. The number of ether oxygens (including phenoxy) is 2. The van der Waals surface area contributed by atoms with E-state index < -0.39 is 11.6 Å². The number of nitrogens with two attached hydrogens (primary N) is 1. The van der Waals surface area contributed by atoms with Gasteiger partial charge in [-0.1, -0.05) is 0 Å². The van der Waals surface area contributed by atoms with Gasteiger partial charge < -0.3 is 20.3 Å². The van der Waals surface area contributed by atoms with Crippen molar-refractivity contribution >= 4 is 0 Å². The molecule has 1 aromatic rings. The molecular formula is C13H21NO3. The van der Waals surface area contributed by atoms with E-state index >= 15 is 0 Å². The average Bonchev–Trinajstić information content (AvgIpc) is 2.25. The van der Waals surface area contributed by atoms with E-state index in [-0.39, 0.29) is 0 Å². The minimum atomic E-state index is -1.01. The molecule has 0 bridgehead atoms. The molecule has 0 aromatic heterocycles. The van der Waals surface area contributed by atoms with Crippen molar-refractivity contribution in [2.75, 3.05) is 14.2 Å². The van der Waals surface area contributed by atoms with Gasteiger partial charge in [-0.25, -0.2) is 0 Å². The summed E-state index contributed by atoms with van der Waals surface area (Å²) in [5.74, 6) is 1.35. The Kier molecular flexibility index (Phi) is 4.01. The zero-order valence-electron chi connectivity index (χ0n) is 11.1. The van der Waals surface area contributed by atoms with Crippen LogP contribution in [0.4, 0.5) is 0 Å². The molecule has 4 nitrogen and oxygen atoms in total. The van der Waals surface area contributed by atoms with Crippen molar-refractivity contribution in [2.24, 2.45) is 5.73 Å². The molecule has 0 aliphatic heterocycles. The largest absolute Gasteiger partial charge is 0.497 e. The molecule has 0 aliphatic rings. The molecule has 0 amide bonds. The number of benzene rings is 1. The Morgan fingerprint density at radius 3 is 2.24 bits per heavy atom. The quantitative estimate of drug-likeness (QED) is 0.840. The summed E-state index contributed by atoms with van der Waals surface area (Å²) >= 11 is 0. The highest BCUT2D eigenvalue weighted by molar-refractivity contribution is 5.48. The van der Waals surface area contributed by atoms with Crippen LogP contribution in [0.1, 0.15) is 31.0 Å². The Morgan fingerprint density at radius 2 is 1.82 bits per heavy atom. The summed E-state index contributed by atoms with van der Waals surface area (Å²) in [5.41, 5.74) is 6.81. The van der Waals surface area contributed by atoms with E-state index in [9.17, 15) is 5.11 Å². The van der Waals surface area contributed by atoms with E-state index in [2.05, 4.69) is 0 Å². The fraction of sp³-hybridized carbons (Fsp3) is 0.538. The highest BCUT2D eigenvalue weighted by atomic mass is 16.5. The zero-order chi connectivity index (χ0) is 13.2. The average molecular weight is 239 g/mol. The van der Waals surface area contributed by atoms with E-state index in [1.807, 2.05) is 13.0 Å². The van der Waals surface area contributed by atoms with Gasteiger partial charge in [-0.2, -0.15) is 0 Å². The van der Waals surface area contributed by atoms with Crippen molar-refractivity contribution < 1.29 is 14.6 Å². The lowest BCUT2D eigenvalue weighted by Gasteiger charge is -2.28. The van der Waals surface area contributed by atoms with Crippen molar-refractivity contribution in [1.82, 2.24) is 0 Å². The maximum absolute atomic E-state index is 10.00. The molecule has 17 heavy (non-hydrogen) atoms. The summed E-state index contributed by atoms with van der Waals surface area (Å²) in [4.78, 5) is 0. The topological polar surface area (TPSA) is 64.7 Å². The third-order valence-electron chi connectivity index (χ3n) is 2.85. The molecule has 0 heterocycles. The van der Waals surface area contributed by atoms with Gasteiger partial charge in [0.05, 0.1) is 25.9 Å². The van der Waals surface area contributed by atoms with Gasteiger partial charge in [-0.05, 0) is 32.4 Å². The van der Waals surface area contributed by atoms with Crippen LogP contribution in [-0.4, -0.2) is 24.9 Å². The van der Waals surface area contributed by atoms with Gasteiger partial charge in [0.25, 0.3) is 0 Å². The molecule has 0 spiro atoms. The summed E-state index contributed by atoms with van der Waals surface area (Å²) in [6, 6.07) is 3.14. The van der Waals surface area contributed by atoms with Crippen LogP contribution in [0.25, 0.3) is 0 Å². The maximum atomic E-state index is 10.00. The number of hydrogen-bond donors (Lipinski definition) is 2. The molecule has 4 heteroatoms. The maximum Gasteiger partial charge on any atom is 0.127 e. The molecule has 0 saturated carbocycles. The monoisotopic (exact) mass is 239 g/mol. The number of hydrogen-bond acceptors (Lipinski definition) is 4. The van der Waals surface area contributed by atoms with E-state index in [0.29, 0.717) is 11.5 Å². The van der Waals surface area contributed by atoms with Gasteiger partial charge in [0.15, 0.2) is 0 Å². The third-order valence-corrected chi connectivity index (χ3v) is 2.85. The van der Waals surface area contributed by atoms with Crippen LogP contribution in [0.5, 0.6) is 11.5 Å². The minimum absolute atomic E-state index is 0.511. The van der Waals surface area contributed by atoms with Gasteiger partial charge in [0, 0.05) is 11.6 Å². The highest BCUT2D eigenvalue weighted by Gasteiger charge is 2.28. The lowest BCUT2D eigenvalue weighted by atomic mass is 9.89. The lowest BCUT2D eigenvalue weighted by Crippen LogP contribution is -2.35. The Bertz CT molecular complexity index is 396. The van der Waals surface area contributed by atoms with Crippen LogP contribution in [0.2, 0.25) is 0 Å². The normalized spacial score (nSPS) is 13.4. The van der Waals surface area contributed by atoms with Crippen molar-refractivity contribution in [3.05, 3.63) is 23.3 Å². The van der Waals surface area contributed by atoms with Gasteiger partial charge in [0.2, 0.25) is 0 Å². The Morgan fingerprint density at radius 1 is 1.24 bits per heavy atom. The molecule has 0 aliphatic carbocycles. The molecule has 1 atom stereocenters. The minimum Gasteiger partial charge on any atom is -0.497 e. The van der Waals surface area contributed by atoms with Crippen molar-refractivity contribution in [3.8, 4) is 11.5 Å². The second-order valence-electron chi connectivity index (χ2n) is 4.69. The van der Waals surface area contributed by atoms with E-state index in [1.54, 1.807) is 34.1 Å². The summed E-state index contributed by atoms with van der Waals surface area (Å²) in [6.07, 6.45) is 0. The van der Waals surface area contributed by atoms with E-state index in [4.69, 9.17) is 15.2 Å².